The van der Waals surface area contributed by atoms with E-state index in [9.17, 15) is 18.0 Å². The average molecular weight is 240 g/mol. The highest BCUT2D eigenvalue weighted by atomic mass is 32.2. The van der Waals surface area contributed by atoms with Crippen LogP contribution in [0.1, 0.15) is 6.42 Å². The van der Waals surface area contributed by atoms with Gasteiger partial charge in [0.15, 0.2) is 0 Å². The summed E-state index contributed by atoms with van der Waals surface area (Å²) in [5.41, 5.74) is 0. The molecule has 0 bridgehead atoms. The molecule has 0 unspecified atom stereocenters. The van der Waals surface area contributed by atoms with Crippen molar-refractivity contribution in [1.82, 2.24) is 0 Å². The highest BCUT2D eigenvalue weighted by Crippen LogP contribution is 1.91. The van der Waals surface area contributed by atoms with Crippen molar-refractivity contribution in [2.24, 2.45) is 0 Å². The summed E-state index contributed by atoms with van der Waals surface area (Å²) in [4.78, 5) is 21.4. The van der Waals surface area contributed by atoms with Crippen molar-refractivity contribution >= 4 is 22.1 Å². The first-order valence-corrected chi connectivity index (χ1v) is 5.73. The molecule has 0 N–H and O–H groups in total. The van der Waals surface area contributed by atoms with Gasteiger partial charge in [0, 0.05) is 0 Å². The summed E-state index contributed by atoms with van der Waals surface area (Å²) in [6.45, 7) is -0.505. The fraction of sp³-hybridized carbons (Fsp3) is 0.714. The topological polar surface area (TPSA) is 96.0 Å². The highest BCUT2D eigenvalue weighted by Gasteiger charge is 2.10. The van der Waals surface area contributed by atoms with Crippen molar-refractivity contribution in [3.8, 4) is 0 Å². The normalized spacial score (nSPS) is 10.8. The number of esters is 2. The van der Waals surface area contributed by atoms with Crippen molar-refractivity contribution < 1.29 is 31.7 Å². The molecule has 0 radical (unpaired) electrons. The monoisotopic (exact) mass is 240 g/mol. The molecular weight excluding hydrogens is 228 g/mol. The van der Waals surface area contributed by atoms with Gasteiger partial charge in [-0.3, -0.25) is 13.8 Å². The van der Waals surface area contributed by atoms with Gasteiger partial charge >= 0.3 is 11.9 Å². The van der Waals surface area contributed by atoms with Crippen molar-refractivity contribution in [3.05, 3.63) is 0 Å². The second-order valence-corrected chi connectivity index (χ2v) is 4.14. The lowest BCUT2D eigenvalue weighted by Crippen LogP contribution is -2.16. The third-order valence-electron chi connectivity index (χ3n) is 1.16. The number of ether oxygens (including phenoxy) is 2. The quantitative estimate of drug-likeness (QED) is 0.256. The number of hydrogen-bond donors (Lipinski definition) is 0. The van der Waals surface area contributed by atoms with Crippen LogP contribution in [0, 0.1) is 0 Å². The van der Waals surface area contributed by atoms with E-state index < -0.39 is 28.5 Å². The van der Waals surface area contributed by atoms with E-state index in [0.29, 0.717) is 0 Å². The Kier molecular flexibility index (Phi) is 5.87. The Morgan fingerprint density at radius 1 is 1.13 bits per heavy atom. The molecule has 88 valence electrons. The number of carbonyl (C=O) groups is 2. The second kappa shape index (κ2) is 6.36. The van der Waals surface area contributed by atoms with E-state index in [2.05, 4.69) is 13.7 Å². The molecule has 0 rings (SSSR count). The molecule has 0 spiro atoms. The predicted molar refractivity (Wildman–Crippen MR) is 48.4 cm³/mol. The number of hydrogen-bond acceptors (Lipinski definition) is 7. The van der Waals surface area contributed by atoms with Gasteiger partial charge in [0.2, 0.25) is 0 Å². The summed E-state index contributed by atoms with van der Waals surface area (Å²) >= 11 is 0. The minimum absolute atomic E-state index is 0.233. The fourth-order valence-electron chi connectivity index (χ4n) is 0.582. The smallest absolute Gasteiger partial charge is 0.317 e. The van der Waals surface area contributed by atoms with Crippen molar-refractivity contribution in [1.29, 1.82) is 0 Å². The molecule has 0 fully saturated rings. The largest absolute Gasteiger partial charge is 0.469 e. The van der Waals surface area contributed by atoms with E-state index in [0.717, 1.165) is 13.4 Å². The maximum absolute atomic E-state index is 10.8. The van der Waals surface area contributed by atoms with Gasteiger partial charge in [-0.25, -0.2) is 0 Å². The first-order chi connectivity index (χ1) is 6.85. The van der Waals surface area contributed by atoms with Crippen LogP contribution in [0.4, 0.5) is 0 Å². The van der Waals surface area contributed by atoms with Gasteiger partial charge in [-0.1, -0.05) is 0 Å². The zero-order valence-electron chi connectivity index (χ0n) is 8.39. The van der Waals surface area contributed by atoms with Gasteiger partial charge in [0.05, 0.1) is 13.4 Å². The fourth-order valence-corrected chi connectivity index (χ4v) is 0.953. The summed E-state index contributed by atoms with van der Waals surface area (Å²) in [5, 5.41) is 0. The van der Waals surface area contributed by atoms with Crippen LogP contribution in [0.5, 0.6) is 0 Å². The van der Waals surface area contributed by atoms with Crippen LogP contribution in [-0.2, 0) is 33.4 Å². The molecule has 0 aromatic carbocycles. The Morgan fingerprint density at radius 3 is 2.20 bits per heavy atom. The van der Waals surface area contributed by atoms with E-state index >= 15 is 0 Å². The van der Waals surface area contributed by atoms with Crippen LogP contribution in [0.25, 0.3) is 0 Å². The van der Waals surface area contributed by atoms with Crippen LogP contribution >= 0.6 is 0 Å². The van der Waals surface area contributed by atoms with Crippen LogP contribution in [-0.4, -0.2) is 46.9 Å². The highest BCUT2D eigenvalue weighted by molar-refractivity contribution is 7.85. The van der Waals surface area contributed by atoms with E-state index in [4.69, 9.17) is 0 Å². The Bertz CT molecular complexity index is 318. The van der Waals surface area contributed by atoms with E-state index in [1.165, 1.54) is 0 Å². The maximum atomic E-state index is 10.8. The van der Waals surface area contributed by atoms with E-state index in [1.54, 1.807) is 0 Å². The molecule has 15 heavy (non-hydrogen) atoms. The lowest BCUT2D eigenvalue weighted by atomic mass is 10.4. The molecule has 0 heterocycles. The molecule has 8 heteroatoms. The van der Waals surface area contributed by atoms with E-state index in [-0.39, 0.29) is 13.2 Å². The van der Waals surface area contributed by atoms with Gasteiger partial charge in [-0.15, -0.1) is 0 Å². The Hall–Kier alpha value is -1.15. The van der Waals surface area contributed by atoms with Gasteiger partial charge < -0.3 is 9.47 Å². The minimum Gasteiger partial charge on any atom is -0.469 e. The molecule has 0 aliphatic heterocycles. The molecule has 0 amide bonds. The third-order valence-corrected chi connectivity index (χ3v) is 1.75. The van der Waals surface area contributed by atoms with Gasteiger partial charge in [0.1, 0.15) is 19.6 Å². The van der Waals surface area contributed by atoms with Gasteiger partial charge in [-0.2, -0.15) is 8.42 Å². The van der Waals surface area contributed by atoms with Gasteiger partial charge in [-0.05, 0) is 0 Å². The van der Waals surface area contributed by atoms with Crippen molar-refractivity contribution in [3.63, 3.8) is 0 Å². The van der Waals surface area contributed by atoms with E-state index in [1.807, 2.05) is 0 Å². The maximum Gasteiger partial charge on any atom is 0.317 e. The second-order valence-electron chi connectivity index (χ2n) is 2.50. The summed E-state index contributed by atoms with van der Waals surface area (Å²) in [5.74, 6) is -1.51. The Labute approximate surface area is 87.4 Å². The predicted octanol–water partition coefficient (Wildman–Crippen LogP) is -0.931. The number of rotatable bonds is 6. The summed E-state index contributed by atoms with van der Waals surface area (Å²) in [6.07, 6.45) is 0.374. The van der Waals surface area contributed by atoms with Crippen LogP contribution < -0.4 is 0 Å². The SMILES string of the molecule is COC(=O)CC(=O)OCCOS(C)(=O)=O. The first-order valence-electron chi connectivity index (χ1n) is 3.92. The first kappa shape index (κ1) is 13.8. The molecule has 0 atom stereocenters. The van der Waals surface area contributed by atoms with Crippen molar-refractivity contribution in [2.75, 3.05) is 26.6 Å². The molecule has 0 aliphatic carbocycles. The Morgan fingerprint density at radius 2 is 1.73 bits per heavy atom. The molecule has 0 aliphatic rings. The molecule has 0 saturated carbocycles. The van der Waals surface area contributed by atoms with Crippen LogP contribution in [0.15, 0.2) is 0 Å². The minimum atomic E-state index is -3.53. The zero-order valence-corrected chi connectivity index (χ0v) is 9.20. The van der Waals surface area contributed by atoms with Crippen LogP contribution in [0.3, 0.4) is 0 Å². The molecule has 0 saturated heterocycles. The summed E-state index contributed by atoms with van der Waals surface area (Å²) < 4.78 is 33.9. The lowest BCUT2D eigenvalue weighted by Gasteiger charge is -2.03. The molecular formula is C7H12O7S. The molecule has 7 nitrogen and oxygen atoms in total. The van der Waals surface area contributed by atoms with Crippen LogP contribution in [0.2, 0.25) is 0 Å². The lowest BCUT2D eigenvalue weighted by molar-refractivity contribution is -0.153. The standard InChI is InChI=1S/C7H12O7S/c1-12-6(8)5-7(9)13-3-4-14-15(2,10)11/h3-5H2,1-2H3. The summed E-state index contributed by atoms with van der Waals surface area (Å²) in [6, 6.07) is 0. The average Bonchev–Trinajstić information content (AvgIpc) is 2.11. The number of methoxy groups -OCH3 is 1. The van der Waals surface area contributed by atoms with Gasteiger partial charge in [0.25, 0.3) is 10.1 Å². The third kappa shape index (κ3) is 9.16. The Balaban J connectivity index is 3.61. The van der Waals surface area contributed by atoms with Crippen molar-refractivity contribution in [2.45, 2.75) is 6.42 Å². The summed E-state index contributed by atoms with van der Waals surface area (Å²) in [7, 11) is -2.39. The molecule has 0 aromatic rings. The molecule has 0 aromatic heterocycles. The number of carbonyl (C=O) groups excluding carboxylic acids is 2. The zero-order chi connectivity index (χ0) is 11.9.